The van der Waals surface area contributed by atoms with Crippen LogP contribution in [0.2, 0.25) is 0 Å². The largest absolute Gasteiger partial charge is 0.507 e. The molecule has 0 aliphatic carbocycles. The molecule has 5 heteroatoms. The molecule has 0 atom stereocenters. The molecule has 1 aromatic heterocycles. The van der Waals surface area contributed by atoms with Gasteiger partial charge in [-0.15, -0.1) is 0 Å². The summed E-state index contributed by atoms with van der Waals surface area (Å²) in [7, 11) is 1.46. The van der Waals surface area contributed by atoms with E-state index in [1.807, 2.05) is 0 Å². The van der Waals surface area contributed by atoms with E-state index in [0.29, 0.717) is 11.1 Å². The summed E-state index contributed by atoms with van der Waals surface area (Å²) in [5.41, 5.74) is -0.679. The number of rotatable bonds is 2. The van der Waals surface area contributed by atoms with Crippen molar-refractivity contribution in [2.45, 2.75) is 6.61 Å². The van der Waals surface area contributed by atoms with Crippen LogP contribution in [0.5, 0.6) is 11.5 Å². The third-order valence-electron chi connectivity index (χ3n) is 2.26. The van der Waals surface area contributed by atoms with Crippen LogP contribution >= 0.6 is 0 Å². The van der Waals surface area contributed by atoms with Gasteiger partial charge in [0.2, 0.25) is 0 Å². The number of aliphatic hydroxyl groups is 1. The highest BCUT2D eigenvalue weighted by Crippen LogP contribution is 2.28. The van der Waals surface area contributed by atoms with E-state index in [2.05, 4.69) is 0 Å². The molecule has 5 nitrogen and oxygen atoms in total. The lowest BCUT2D eigenvalue weighted by molar-refractivity contribution is 0.241. The second-order valence-electron chi connectivity index (χ2n) is 3.27. The Labute approximate surface area is 90.5 Å². The minimum absolute atomic E-state index is 0.0815. The fourth-order valence-electron chi connectivity index (χ4n) is 1.53. The van der Waals surface area contributed by atoms with Gasteiger partial charge in [-0.05, 0) is 17.5 Å². The Morgan fingerprint density at radius 3 is 2.75 bits per heavy atom. The molecule has 0 fully saturated rings. The SMILES string of the molecule is [13CH3]Oc1cc(O)c2c(=O)oc(CO)cc2c1. The quantitative estimate of drug-likeness (QED) is 0.742. The van der Waals surface area contributed by atoms with Crippen molar-refractivity contribution < 1.29 is 19.4 Å². The van der Waals surface area contributed by atoms with Crippen LogP contribution in [0, 0.1) is 0 Å². The third kappa shape index (κ3) is 1.61. The van der Waals surface area contributed by atoms with Gasteiger partial charge in [0, 0.05) is 6.07 Å². The van der Waals surface area contributed by atoms with Crippen molar-refractivity contribution in [1.82, 2.24) is 0 Å². The number of methoxy groups -OCH3 is 1. The lowest BCUT2D eigenvalue weighted by Crippen LogP contribution is -2.02. The van der Waals surface area contributed by atoms with Crippen LogP contribution in [0.3, 0.4) is 0 Å². The first-order valence-corrected chi connectivity index (χ1v) is 4.60. The summed E-state index contributed by atoms with van der Waals surface area (Å²) in [5, 5.41) is 19.1. The summed E-state index contributed by atoms with van der Waals surface area (Å²) < 4.78 is 9.75. The maximum Gasteiger partial charge on any atom is 0.347 e. The van der Waals surface area contributed by atoms with E-state index >= 15 is 0 Å². The Morgan fingerprint density at radius 1 is 1.38 bits per heavy atom. The highest BCUT2D eigenvalue weighted by molar-refractivity contribution is 5.88. The van der Waals surface area contributed by atoms with Crippen molar-refractivity contribution in [1.29, 1.82) is 0 Å². The van der Waals surface area contributed by atoms with Crippen molar-refractivity contribution >= 4 is 10.8 Å². The molecule has 0 bridgehead atoms. The van der Waals surface area contributed by atoms with Crippen molar-refractivity contribution in [2.75, 3.05) is 7.11 Å². The molecule has 2 aromatic rings. The number of fused-ring (bicyclic) bond motifs is 1. The van der Waals surface area contributed by atoms with Crippen molar-refractivity contribution in [3.8, 4) is 11.5 Å². The number of phenols is 1. The lowest BCUT2D eigenvalue weighted by atomic mass is 10.1. The van der Waals surface area contributed by atoms with E-state index in [-0.39, 0.29) is 23.5 Å². The van der Waals surface area contributed by atoms with E-state index < -0.39 is 5.63 Å². The van der Waals surface area contributed by atoms with Gasteiger partial charge in [-0.2, -0.15) is 0 Å². The molecule has 84 valence electrons. The second-order valence-corrected chi connectivity index (χ2v) is 3.27. The van der Waals surface area contributed by atoms with Crippen LogP contribution in [0.1, 0.15) is 5.76 Å². The number of phenolic OH excluding ortho intramolecular Hbond substituents is 1. The predicted molar refractivity (Wildman–Crippen MR) is 56.6 cm³/mol. The van der Waals surface area contributed by atoms with Crippen molar-refractivity contribution in [3.05, 3.63) is 34.4 Å². The number of aliphatic hydroxyl groups excluding tert-OH is 1. The molecule has 2 rings (SSSR count). The fraction of sp³-hybridized carbons (Fsp3) is 0.182. The smallest absolute Gasteiger partial charge is 0.347 e. The normalized spacial score (nSPS) is 10.6. The monoisotopic (exact) mass is 223 g/mol. The Kier molecular flexibility index (Phi) is 2.54. The lowest BCUT2D eigenvalue weighted by Gasteiger charge is -2.05. The van der Waals surface area contributed by atoms with Gasteiger partial charge in [-0.1, -0.05) is 0 Å². The highest BCUT2D eigenvalue weighted by Gasteiger charge is 2.10. The maximum absolute atomic E-state index is 11.5. The molecule has 1 heterocycles. The molecule has 0 saturated heterocycles. The zero-order valence-electron chi connectivity index (χ0n) is 8.56. The number of benzene rings is 1. The third-order valence-corrected chi connectivity index (χ3v) is 2.26. The molecule has 0 amide bonds. The molecule has 0 aliphatic rings. The van der Waals surface area contributed by atoms with E-state index in [4.69, 9.17) is 14.3 Å². The fourth-order valence-corrected chi connectivity index (χ4v) is 1.53. The number of aromatic hydroxyl groups is 1. The van der Waals surface area contributed by atoms with Crippen molar-refractivity contribution in [2.24, 2.45) is 0 Å². The molecule has 0 aliphatic heterocycles. The van der Waals surface area contributed by atoms with Gasteiger partial charge in [0.05, 0.1) is 7.11 Å². The molecule has 0 unspecified atom stereocenters. The molecule has 0 spiro atoms. The first kappa shape index (κ1) is 10.5. The summed E-state index contributed by atoms with van der Waals surface area (Å²) in [5.74, 6) is 0.372. The average molecular weight is 223 g/mol. The molecular formula is C11H10O5. The van der Waals surface area contributed by atoms with E-state index in [1.165, 1.54) is 19.2 Å². The summed E-state index contributed by atoms with van der Waals surface area (Å²) >= 11 is 0. The minimum atomic E-state index is -0.679. The molecule has 16 heavy (non-hydrogen) atoms. The van der Waals surface area contributed by atoms with Crippen LogP contribution in [0.25, 0.3) is 10.8 Å². The number of ether oxygens (including phenoxy) is 1. The Bertz CT molecular complexity index is 579. The highest BCUT2D eigenvalue weighted by atomic mass is 16.5. The molecular weight excluding hydrogens is 213 g/mol. The van der Waals surface area contributed by atoms with Crippen LogP contribution in [0.4, 0.5) is 0 Å². The van der Waals surface area contributed by atoms with E-state index in [0.717, 1.165) is 0 Å². The summed E-state index contributed by atoms with van der Waals surface area (Å²) in [6.07, 6.45) is 0. The van der Waals surface area contributed by atoms with Gasteiger partial charge in [-0.25, -0.2) is 4.79 Å². The van der Waals surface area contributed by atoms with E-state index in [9.17, 15) is 9.90 Å². The Morgan fingerprint density at radius 2 is 2.12 bits per heavy atom. The van der Waals surface area contributed by atoms with Crippen LogP contribution in [-0.2, 0) is 6.61 Å². The van der Waals surface area contributed by atoms with Gasteiger partial charge in [0.25, 0.3) is 0 Å². The van der Waals surface area contributed by atoms with Crippen LogP contribution < -0.4 is 10.4 Å². The summed E-state index contributed by atoms with van der Waals surface area (Å²) in [4.78, 5) is 11.5. The average Bonchev–Trinajstić information content (AvgIpc) is 2.27. The standard InChI is InChI=1S/C11H10O5/c1-15-7-2-6-3-8(5-12)16-11(14)10(6)9(13)4-7/h2-4,12-13H,5H2,1H3/i1+1. The van der Waals surface area contributed by atoms with Gasteiger partial charge < -0.3 is 19.4 Å². The molecule has 2 N–H and O–H groups in total. The molecule has 0 saturated carbocycles. The molecule has 1 aromatic carbocycles. The van der Waals surface area contributed by atoms with Crippen molar-refractivity contribution in [3.63, 3.8) is 0 Å². The number of hydrogen-bond donors (Lipinski definition) is 2. The summed E-state index contributed by atoms with van der Waals surface area (Å²) in [6, 6.07) is 4.40. The summed E-state index contributed by atoms with van der Waals surface area (Å²) in [6.45, 7) is -0.372. The first-order chi connectivity index (χ1) is 7.65. The number of hydrogen-bond acceptors (Lipinski definition) is 5. The van der Waals surface area contributed by atoms with Crippen LogP contribution in [0.15, 0.2) is 27.4 Å². The first-order valence-electron chi connectivity index (χ1n) is 4.60. The minimum Gasteiger partial charge on any atom is -0.507 e. The Balaban J connectivity index is 2.84. The van der Waals surface area contributed by atoms with Gasteiger partial charge in [0.15, 0.2) is 0 Å². The van der Waals surface area contributed by atoms with E-state index in [1.54, 1.807) is 6.07 Å². The van der Waals surface area contributed by atoms with Gasteiger partial charge in [0.1, 0.15) is 29.3 Å². The second kappa shape index (κ2) is 3.86. The molecule has 0 radical (unpaired) electrons. The zero-order chi connectivity index (χ0) is 11.7. The maximum atomic E-state index is 11.5. The zero-order valence-corrected chi connectivity index (χ0v) is 8.56. The Hall–Kier alpha value is -2.01. The van der Waals surface area contributed by atoms with Crippen LogP contribution in [-0.4, -0.2) is 17.3 Å². The van der Waals surface area contributed by atoms with Gasteiger partial charge >= 0.3 is 5.63 Å². The van der Waals surface area contributed by atoms with Gasteiger partial charge in [-0.3, -0.25) is 0 Å². The predicted octanol–water partition coefficient (Wildman–Crippen LogP) is 0.999. The topological polar surface area (TPSA) is 79.9 Å².